The van der Waals surface area contributed by atoms with Crippen molar-refractivity contribution in [3.8, 4) is 0 Å². The van der Waals surface area contributed by atoms with Crippen LogP contribution in [0.15, 0.2) is 66.7 Å². The molecule has 8 heteroatoms. The normalized spacial score (nSPS) is 17.6. The Balaban J connectivity index is 1.40. The number of likely N-dealkylation sites (N-methyl/N-ethyl adjacent to an activating group) is 1. The first-order valence-corrected chi connectivity index (χ1v) is 10.9. The standard InChI is InChI=1S/C26H26N4O4/c1-17-11-13-19(14-12-17)26(2)24(33)30(25(34)28-26)16-23(32)29(3)15-22(31)27-21-10-6-8-18-7-4-5-9-20(18)21/h4-14H,15-16H2,1-3H3,(H,27,31)(H,28,34)/t26-/m1/s1. The summed E-state index contributed by atoms with van der Waals surface area (Å²) in [4.78, 5) is 53.0. The maximum Gasteiger partial charge on any atom is 0.325 e. The van der Waals surface area contributed by atoms with Crippen LogP contribution >= 0.6 is 0 Å². The Morgan fingerprint density at radius 1 is 1.00 bits per heavy atom. The monoisotopic (exact) mass is 458 g/mol. The Labute approximate surface area is 197 Å². The molecule has 0 bridgehead atoms. The lowest BCUT2D eigenvalue weighted by molar-refractivity contribution is -0.139. The molecule has 3 aromatic rings. The second-order valence-corrected chi connectivity index (χ2v) is 8.64. The predicted molar refractivity (Wildman–Crippen MR) is 129 cm³/mol. The second-order valence-electron chi connectivity index (χ2n) is 8.64. The van der Waals surface area contributed by atoms with Gasteiger partial charge in [-0.05, 0) is 30.9 Å². The molecule has 4 rings (SSSR count). The number of rotatable bonds is 6. The molecule has 5 amide bonds. The van der Waals surface area contributed by atoms with E-state index in [1.165, 1.54) is 11.9 Å². The summed E-state index contributed by atoms with van der Waals surface area (Å²) in [6.07, 6.45) is 0. The summed E-state index contributed by atoms with van der Waals surface area (Å²) in [5.74, 6) is -1.41. The number of imide groups is 1. The molecule has 1 heterocycles. The number of hydrogen-bond donors (Lipinski definition) is 2. The molecule has 0 unspecified atom stereocenters. The van der Waals surface area contributed by atoms with Gasteiger partial charge in [0.05, 0.1) is 6.54 Å². The molecule has 2 N–H and O–H groups in total. The second kappa shape index (κ2) is 8.97. The number of hydrogen-bond acceptors (Lipinski definition) is 4. The van der Waals surface area contributed by atoms with E-state index in [2.05, 4.69) is 10.6 Å². The number of fused-ring (bicyclic) bond motifs is 1. The van der Waals surface area contributed by atoms with Gasteiger partial charge in [-0.15, -0.1) is 0 Å². The van der Waals surface area contributed by atoms with Crippen LogP contribution in [0.25, 0.3) is 10.8 Å². The molecule has 1 aliphatic heterocycles. The molecular weight excluding hydrogens is 432 g/mol. The first-order chi connectivity index (χ1) is 16.2. The summed E-state index contributed by atoms with van der Waals surface area (Å²) >= 11 is 0. The van der Waals surface area contributed by atoms with Gasteiger partial charge in [0.1, 0.15) is 12.1 Å². The van der Waals surface area contributed by atoms with Crippen LogP contribution in [-0.2, 0) is 19.9 Å². The predicted octanol–water partition coefficient (Wildman–Crippen LogP) is 3.01. The third kappa shape index (κ3) is 4.34. The number of carbonyl (C=O) groups excluding carboxylic acids is 4. The van der Waals surface area contributed by atoms with Crippen molar-refractivity contribution in [2.45, 2.75) is 19.4 Å². The highest BCUT2D eigenvalue weighted by molar-refractivity contribution is 6.09. The fourth-order valence-electron chi connectivity index (χ4n) is 4.01. The number of nitrogens with zero attached hydrogens (tertiary/aromatic N) is 2. The van der Waals surface area contributed by atoms with E-state index in [4.69, 9.17) is 0 Å². The molecule has 0 saturated carbocycles. The summed E-state index contributed by atoms with van der Waals surface area (Å²) in [6.45, 7) is 2.87. The van der Waals surface area contributed by atoms with Gasteiger partial charge in [0, 0.05) is 18.1 Å². The summed E-state index contributed by atoms with van der Waals surface area (Å²) in [6, 6.07) is 19.9. The van der Waals surface area contributed by atoms with Crippen molar-refractivity contribution in [2.24, 2.45) is 0 Å². The number of urea groups is 1. The molecular formula is C26H26N4O4. The van der Waals surface area contributed by atoms with Gasteiger partial charge in [-0.1, -0.05) is 66.2 Å². The van der Waals surface area contributed by atoms with Gasteiger partial charge in [-0.3, -0.25) is 19.3 Å². The van der Waals surface area contributed by atoms with E-state index in [1.54, 1.807) is 25.1 Å². The van der Waals surface area contributed by atoms with Gasteiger partial charge in [-0.2, -0.15) is 0 Å². The zero-order chi connectivity index (χ0) is 24.5. The minimum absolute atomic E-state index is 0.221. The molecule has 0 radical (unpaired) electrons. The van der Waals surface area contributed by atoms with E-state index in [0.717, 1.165) is 21.2 Å². The largest absolute Gasteiger partial charge is 0.335 e. The third-order valence-corrected chi connectivity index (χ3v) is 6.07. The average molecular weight is 459 g/mol. The quantitative estimate of drug-likeness (QED) is 0.555. The van der Waals surface area contributed by atoms with Crippen molar-refractivity contribution < 1.29 is 19.2 Å². The summed E-state index contributed by atoms with van der Waals surface area (Å²) in [5.41, 5.74) is 1.05. The van der Waals surface area contributed by atoms with E-state index in [0.29, 0.717) is 11.3 Å². The van der Waals surface area contributed by atoms with E-state index in [9.17, 15) is 19.2 Å². The Kier molecular flexibility index (Phi) is 6.06. The SMILES string of the molecule is Cc1ccc([C@@]2(C)NC(=O)N(CC(=O)N(C)CC(=O)Nc3cccc4ccccc34)C2=O)cc1. The number of amides is 5. The van der Waals surface area contributed by atoms with Gasteiger partial charge in [-0.25, -0.2) is 4.79 Å². The van der Waals surface area contributed by atoms with E-state index in [1.807, 2.05) is 55.5 Å². The van der Waals surface area contributed by atoms with Crippen molar-refractivity contribution in [1.82, 2.24) is 15.1 Å². The number of benzene rings is 3. The van der Waals surface area contributed by atoms with E-state index < -0.39 is 29.9 Å². The smallest absolute Gasteiger partial charge is 0.325 e. The average Bonchev–Trinajstić information content (AvgIpc) is 3.03. The van der Waals surface area contributed by atoms with Gasteiger partial charge < -0.3 is 15.5 Å². The maximum atomic E-state index is 13.1. The molecule has 8 nitrogen and oxygen atoms in total. The van der Waals surface area contributed by atoms with Gasteiger partial charge in [0.2, 0.25) is 11.8 Å². The zero-order valence-electron chi connectivity index (χ0n) is 19.3. The van der Waals surface area contributed by atoms with Crippen molar-refractivity contribution in [3.63, 3.8) is 0 Å². The first-order valence-electron chi connectivity index (χ1n) is 10.9. The molecule has 34 heavy (non-hydrogen) atoms. The van der Waals surface area contributed by atoms with Crippen LogP contribution in [0.1, 0.15) is 18.1 Å². The van der Waals surface area contributed by atoms with Crippen LogP contribution in [0.2, 0.25) is 0 Å². The summed E-state index contributed by atoms with van der Waals surface area (Å²) in [7, 11) is 1.46. The Bertz CT molecular complexity index is 1280. The Morgan fingerprint density at radius 3 is 2.41 bits per heavy atom. The molecule has 174 valence electrons. The fourth-order valence-corrected chi connectivity index (χ4v) is 4.01. The summed E-state index contributed by atoms with van der Waals surface area (Å²) < 4.78 is 0. The first kappa shape index (κ1) is 23.0. The Hall–Kier alpha value is -4.20. The molecule has 1 atom stereocenters. The van der Waals surface area contributed by atoms with E-state index in [-0.39, 0.29) is 12.5 Å². The van der Waals surface area contributed by atoms with Gasteiger partial charge in [0.25, 0.3) is 5.91 Å². The van der Waals surface area contributed by atoms with Crippen molar-refractivity contribution in [2.75, 3.05) is 25.5 Å². The maximum absolute atomic E-state index is 13.1. The number of aryl methyl sites for hydroxylation is 1. The number of carbonyl (C=O) groups is 4. The lowest BCUT2D eigenvalue weighted by Crippen LogP contribution is -2.45. The highest BCUT2D eigenvalue weighted by Gasteiger charge is 2.49. The summed E-state index contributed by atoms with van der Waals surface area (Å²) in [5, 5.41) is 7.39. The molecule has 0 aromatic heterocycles. The van der Waals surface area contributed by atoms with Crippen molar-refractivity contribution in [1.29, 1.82) is 0 Å². The molecule has 3 aromatic carbocycles. The van der Waals surface area contributed by atoms with Crippen molar-refractivity contribution >= 4 is 40.2 Å². The molecule has 1 aliphatic rings. The highest BCUT2D eigenvalue weighted by Crippen LogP contribution is 2.29. The minimum Gasteiger partial charge on any atom is -0.335 e. The fraction of sp³-hybridized carbons (Fsp3) is 0.231. The molecule has 1 fully saturated rings. The van der Waals surface area contributed by atoms with Crippen LogP contribution in [0, 0.1) is 6.92 Å². The minimum atomic E-state index is -1.25. The number of nitrogens with one attached hydrogen (secondary N) is 2. The van der Waals surface area contributed by atoms with Crippen LogP contribution in [-0.4, -0.2) is 53.7 Å². The van der Waals surface area contributed by atoms with Crippen LogP contribution < -0.4 is 10.6 Å². The molecule has 0 aliphatic carbocycles. The van der Waals surface area contributed by atoms with Gasteiger partial charge in [0.15, 0.2) is 0 Å². The van der Waals surface area contributed by atoms with E-state index >= 15 is 0 Å². The van der Waals surface area contributed by atoms with Crippen molar-refractivity contribution in [3.05, 3.63) is 77.9 Å². The van der Waals surface area contributed by atoms with Crippen LogP contribution in [0.5, 0.6) is 0 Å². The van der Waals surface area contributed by atoms with Gasteiger partial charge >= 0.3 is 6.03 Å². The molecule has 1 saturated heterocycles. The third-order valence-electron chi connectivity index (χ3n) is 6.07. The van der Waals surface area contributed by atoms with Crippen LogP contribution in [0.3, 0.4) is 0 Å². The van der Waals surface area contributed by atoms with Crippen LogP contribution in [0.4, 0.5) is 10.5 Å². The molecule has 0 spiro atoms. The topological polar surface area (TPSA) is 98.8 Å². The Morgan fingerprint density at radius 2 is 1.68 bits per heavy atom. The highest BCUT2D eigenvalue weighted by atomic mass is 16.2. The zero-order valence-corrected chi connectivity index (χ0v) is 19.3. The lowest BCUT2D eigenvalue weighted by atomic mass is 9.91. The number of anilines is 1. The lowest BCUT2D eigenvalue weighted by Gasteiger charge is -2.23.